The number of urea groups is 1. The summed E-state index contributed by atoms with van der Waals surface area (Å²) in [5.41, 5.74) is 1.19. The Morgan fingerprint density at radius 3 is 2.80 bits per heavy atom. The smallest absolute Gasteiger partial charge is 0.324 e. The first kappa shape index (κ1) is 20.2. The highest BCUT2D eigenvalue weighted by molar-refractivity contribution is 6.02. The van der Waals surface area contributed by atoms with Crippen LogP contribution in [0.2, 0.25) is 0 Å². The maximum absolute atomic E-state index is 12.8. The van der Waals surface area contributed by atoms with Gasteiger partial charge in [0.25, 0.3) is 5.91 Å². The molecule has 0 aliphatic carbocycles. The van der Waals surface area contributed by atoms with Crippen LogP contribution in [-0.2, 0) is 16.0 Å². The number of nitrogens with zero attached hydrogens (tertiary/aromatic N) is 2. The molecule has 1 aromatic rings. The maximum atomic E-state index is 12.8. The molecule has 160 valence electrons. The van der Waals surface area contributed by atoms with Gasteiger partial charge in [0.05, 0.1) is 19.2 Å². The van der Waals surface area contributed by atoms with E-state index in [1.54, 1.807) is 18.1 Å². The Bertz CT molecular complexity index is 885. The van der Waals surface area contributed by atoms with Gasteiger partial charge >= 0.3 is 6.03 Å². The van der Waals surface area contributed by atoms with Gasteiger partial charge in [-0.25, -0.2) is 4.79 Å². The lowest BCUT2D eigenvalue weighted by Gasteiger charge is -2.29. The van der Waals surface area contributed by atoms with E-state index >= 15 is 0 Å². The zero-order valence-corrected chi connectivity index (χ0v) is 17.0. The second-order valence-corrected chi connectivity index (χ2v) is 8.13. The molecule has 3 aliphatic heterocycles. The molecule has 2 N–H and O–H groups in total. The fourth-order valence-corrected chi connectivity index (χ4v) is 4.48. The average molecular weight is 414 g/mol. The Morgan fingerprint density at radius 2 is 2.07 bits per heavy atom. The number of rotatable bonds is 5. The second kappa shape index (κ2) is 7.97. The van der Waals surface area contributed by atoms with Gasteiger partial charge in [0, 0.05) is 31.6 Å². The number of aryl methyl sites for hydroxylation is 1. The van der Waals surface area contributed by atoms with Crippen LogP contribution in [0.15, 0.2) is 18.2 Å². The zero-order valence-electron chi connectivity index (χ0n) is 17.0. The number of hydrogen-bond acceptors (Lipinski definition) is 5. The van der Waals surface area contributed by atoms with Crippen LogP contribution in [0.3, 0.4) is 0 Å². The first-order chi connectivity index (χ1) is 14.4. The highest BCUT2D eigenvalue weighted by Crippen LogP contribution is 2.32. The van der Waals surface area contributed by atoms with Gasteiger partial charge in [-0.2, -0.15) is 0 Å². The van der Waals surface area contributed by atoms with E-state index in [9.17, 15) is 19.2 Å². The van der Waals surface area contributed by atoms with Crippen molar-refractivity contribution < 1.29 is 23.9 Å². The molecule has 9 heteroatoms. The van der Waals surface area contributed by atoms with E-state index in [0.717, 1.165) is 23.3 Å². The van der Waals surface area contributed by atoms with Gasteiger partial charge in [-0.15, -0.1) is 0 Å². The van der Waals surface area contributed by atoms with Crippen LogP contribution in [0.4, 0.5) is 4.79 Å². The molecule has 1 atom stereocenters. The van der Waals surface area contributed by atoms with Gasteiger partial charge < -0.3 is 20.3 Å². The van der Waals surface area contributed by atoms with Crippen molar-refractivity contribution in [2.75, 3.05) is 33.3 Å². The van der Waals surface area contributed by atoms with Gasteiger partial charge in [-0.1, -0.05) is 6.07 Å². The van der Waals surface area contributed by atoms with Gasteiger partial charge in [0.1, 0.15) is 5.75 Å². The van der Waals surface area contributed by atoms with Crippen LogP contribution in [0.25, 0.3) is 0 Å². The molecule has 0 radical (unpaired) electrons. The van der Waals surface area contributed by atoms with Gasteiger partial charge in [-0.3, -0.25) is 19.3 Å². The fraction of sp³-hybridized carbons (Fsp3) is 0.524. The van der Waals surface area contributed by atoms with Crippen molar-refractivity contribution in [2.45, 2.75) is 37.6 Å². The SMILES string of the molecule is COc1ccc2c(c1)C(=O)N[C@@]1(CC2)CCN(C(=O)CCCN2C(=O)CNC2=O)C1. The Morgan fingerprint density at radius 1 is 1.23 bits per heavy atom. The van der Waals surface area contributed by atoms with Crippen LogP contribution in [0, 0.1) is 0 Å². The molecular weight excluding hydrogens is 388 g/mol. The van der Waals surface area contributed by atoms with E-state index in [0.29, 0.717) is 37.2 Å². The maximum Gasteiger partial charge on any atom is 0.324 e. The van der Waals surface area contributed by atoms with Crippen molar-refractivity contribution in [3.8, 4) is 5.75 Å². The summed E-state index contributed by atoms with van der Waals surface area (Å²) < 4.78 is 5.24. The molecule has 4 rings (SSSR count). The highest BCUT2D eigenvalue weighted by Gasteiger charge is 2.42. The summed E-state index contributed by atoms with van der Waals surface area (Å²) in [6.07, 6.45) is 2.93. The summed E-state index contributed by atoms with van der Waals surface area (Å²) >= 11 is 0. The lowest BCUT2D eigenvalue weighted by molar-refractivity contribution is -0.131. The number of benzene rings is 1. The molecule has 1 aromatic carbocycles. The van der Waals surface area contributed by atoms with Crippen molar-refractivity contribution in [3.05, 3.63) is 29.3 Å². The quantitative estimate of drug-likeness (QED) is 0.689. The molecule has 0 saturated carbocycles. The van der Waals surface area contributed by atoms with Gasteiger partial charge in [0.2, 0.25) is 11.8 Å². The number of fused-ring (bicyclic) bond motifs is 1. The van der Waals surface area contributed by atoms with Crippen LogP contribution in [-0.4, -0.2) is 72.4 Å². The van der Waals surface area contributed by atoms with Gasteiger partial charge in [0.15, 0.2) is 0 Å². The number of methoxy groups -OCH3 is 1. The lowest BCUT2D eigenvalue weighted by Crippen LogP contribution is -2.50. The predicted molar refractivity (Wildman–Crippen MR) is 107 cm³/mol. The monoisotopic (exact) mass is 414 g/mol. The minimum atomic E-state index is -0.427. The summed E-state index contributed by atoms with van der Waals surface area (Å²) in [5, 5.41) is 5.64. The molecule has 2 saturated heterocycles. The number of imide groups is 1. The lowest BCUT2D eigenvalue weighted by atomic mass is 9.91. The molecule has 1 spiro atoms. The minimum absolute atomic E-state index is 0.0170. The Balaban J connectivity index is 1.34. The van der Waals surface area contributed by atoms with Crippen molar-refractivity contribution >= 4 is 23.8 Å². The van der Waals surface area contributed by atoms with Crippen LogP contribution < -0.4 is 15.4 Å². The number of nitrogens with one attached hydrogen (secondary N) is 2. The molecule has 5 amide bonds. The molecule has 30 heavy (non-hydrogen) atoms. The molecule has 0 unspecified atom stereocenters. The number of likely N-dealkylation sites (tertiary alicyclic amines) is 1. The van der Waals surface area contributed by atoms with E-state index in [1.165, 1.54) is 0 Å². The Kier molecular flexibility index (Phi) is 5.36. The fourth-order valence-electron chi connectivity index (χ4n) is 4.48. The number of ether oxygens (including phenoxy) is 1. The van der Waals surface area contributed by atoms with Crippen LogP contribution >= 0.6 is 0 Å². The van der Waals surface area contributed by atoms with Crippen molar-refractivity contribution in [1.29, 1.82) is 0 Å². The zero-order chi connectivity index (χ0) is 21.3. The van der Waals surface area contributed by atoms with E-state index in [2.05, 4.69) is 10.6 Å². The first-order valence-electron chi connectivity index (χ1n) is 10.3. The van der Waals surface area contributed by atoms with Crippen molar-refractivity contribution in [1.82, 2.24) is 20.4 Å². The van der Waals surface area contributed by atoms with Crippen molar-refractivity contribution in [3.63, 3.8) is 0 Å². The normalized spacial score (nSPS) is 23.3. The first-order valence-corrected chi connectivity index (χ1v) is 10.3. The number of carbonyl (C=O) groups excluding carboxylic acids is 4. The van der Waals surface area contributed by atoms with E-state index in [4.69, 9.17) is 4.74 Å². The minimum Gasteiger partial charge on any atom is -0.497 e. The standard InChI is InChI=1S/C21H26N4O5/c1-30-15-5-4-14-6-7-21(23-19(28)16(14)11-15)8-10-24(13-21)17(26)3-2-9-25-18(27)12-22-20(25)29/h4-5,11H,2-3,6-10,12-13H2,1H3,(H,22,29)(H,23,28)/t21-/m0/s1. The van der Waals surface area contributed by atoms with Crippen molar-refractivity contribution in [2.24, 2.45) is 0 Å². The molecule has 0 bridgehead atoms. The molecule has 0 aromatic heterocycles. The topological polar surface area (TPSA) is 108 Å². The second-order valence-electron chi connectivity index (χ2n) is 8.13. The molecule has 3 aliphatic rings. The predicted octanol–water partition coefficient (Wildman–Crippen LogP) is 0.674. The molecule has 9 nitrogen and oxygen atoms in total. The van der Waals surface area contributed by atoms with E-state index in [1.807, 2.05) is 12.1 Å². The van der Waals surface area contributed by atoms with Crippen LogP contribution in [0.1, 0.15) is 41.6 Å². The van der Waals surface area contributed by atoms with E-state index < -0.39 is 11.6 Å². The van der Waals surface area contributed by atoms with Gasteiger partial charge in [-0.05, 0) is 43.4 Å². The molecular formula is C21H26N4O5. The third-order valence-corrected chi connectivity index (χ3v) is 6.23. The molecule has 2 fully saturated rings. The number of carbonyl (C=O) groups is 4. The average Bonchev–Trinajstić information content (AvgIpc) is 3.26. The van der Waals surface area contributed by atoms with Crippen LogP contribution in [0.5, 0.6) is 5.75 Å². The Hall–Kier alpha value is -3.10. The molecule has 3 heterocycles. The number of amides is 5. The third-order valence-electron chi connectivity index (χ3n) is 6.23. The summed E-state index contributed by atoms with van der Waals surface area (Å²) in [4.78, 5) is 51.6. The summed E-state index contributed by atoms with van der Waals surface area (Å²) in [6, 6.07) is 5.16. The summed E-state index contributed by atoms with van der Waals surface area (Å²) in [6.45, 7) is 1.33. The van der Waals surface area contributed by atoms with E-state index in [-0.39, 0.29) is 37.2 Å². The summed E-state index contributed by atoms with van der Waals surface area (Å²) in [5.74, 6) is 0.240. The highest BCUT2D eigenvalue weighted by atomic mass is 16.5. The largest absolute Gasteiger partial charge is 0.497 e. The summed E-state index contributed by atoms with van der Waals surface area (Å²) in [7, 11) is 1.57. The Labute approximate surface area is 174 Å². The third kappa shape index (κ3) is 3.83. The number of hydrogen-bond donors (Lipinski definition) is 2.